The third-order valence-electron chi connectivity index (χ3n) is 28.6. The second-order valence-electron chi connectivity index (χ2n) is 36.9. The van der Waals surface area contributed by atoms with Gasteiger partial charge in [0.25, 0.3) is 0 Å². The van der Waals surface area contributed by atoms with Crippen LogP contribution in [0.4, 0.5) is 0 Å². The molecule has 6 nitrogen and oxygen atoms in total. The molecule has 0 N–H and O–H groups in total. The molecule has 0 amide bonds. The Kier molecular flexibility index (Phi) is 21.4. The van der Waals surface area contributed by atoms with Crippen molar-refractivity contribution in [3.05, 3.63) is 556 Å². The first-order valence-corrected chi connectivity index (χ1v) is 48.8. The summed E-state index contributed by atoms with van der Waals surface area (Å²) in [5, 5.41) is 17.7. The van der Waals surface area contributed by atoms with Gasteiger partial charge in [0.1, 0.15) is 0 Å². The maximum absolute atomic E-state index is 5.38. The van der Waals surface area contributed by atoms with E-state index in [1.807, 2.05) is 48.5 Å². The molecule has 666 valence electrons. The van der Waals surface area contributed by atoms with Gasteiger partial charge in [-0.15, -0.1) is 0 Å². The molecule has 3 heterocycles. The fraction of sp³-hybridized carbons (Fsp3) is 0.00730. The zero-order valence-electron chi connectivity index (χ0n) is 78.0. The summed E-state index contributed by atoms with van der Waals surface area (Å²) in [5.41, 5.74) is 34.2. The van der Waals surface area contributed by atoms with E-state index in [4.69, 9.17) is 29.9 Å². The summed E-state index contributed by atoms with van der Waals surface area (Å²) in [7, 11) is 0. The quantitative estimate of drug-likeness (QED) is 0.107. The third kappa shape index (κ3) is 15.3. The maximum Gasteiger partial charge on any atom is 0.160 e. The summed E-state index contributed by atoms with van der Waals surface area (Å²) in [6.45, 7) is 0. The molecule has 0 radical (unpaired) electrons. The van der Waals surface area contributed by atoms with Crippen LogP contribution >= 0.6 is 0 Å². The van der Waals surface area contributed by atoms with Gasteiger partial charge in [-0.05, 0) is 225 Å². The smallest absolute Gasteiger partial charge is 0.160 e. The van der Waals surface area contributed by atoms with Crippen LogP contribution in [0.3, 0.4) is 0 Å². The van der Waals surface area contributed by atoms with Gasteiger partial charge in [-0.3, -0.25) is 0 Å². The minimum absolute atomic E-state index is 0.380. The molecule has 1 spiro atoms. The number of hydrogen-bond acceptors (Lipinski definition) is 6. The van der Waals surface area contributed by atoms with E-state index in [-0.39, 0.29) is 5.41 Å². The lowest BCUT2D eigenvalue weighted by Gasteiger charge is -2.30. The summed E-state index contributed by atoms with van der Waals surface area (Å²) in [4.78, 5) is 31.0. The Morgan fingerprint density at radius 3 is 0.804 bits per heavy atom. The van der Waals surface area contributed by atoms with Gasteiger partial charge in [-0.25, -0.2) is 29.9 Å². The van der Waals surface area contributed by atoms with E-state index in [1.54, 1.807) is 0 Å². The van der Waals surface area contributed by atoms with Crippen LogP contribution in [0.1, 0.15) is 22.3 Å². The SMILES string of the molecule is c1ccc(-c2cc(-c3ccc(-c4ccccc4)c4ccccc34)nc(-c3ccc4c(c3)-c3ccccc3C43c4ccccc4-c4ccccc43)n2)cc1.c1ccc(-c2cc(-c3ccc4c5ccccc5c5ccccc5c4c3)cc(-c3nc(-c4ccccc4)cc(-c4ccccc4)n3)c2)cc1.c1ccc(-c2cc(-c3cccc(-c4ccc5c6ccccc6c6ccccc6c5c4)c3)nc(-c3ccccc3)n2)cc1. The van der Waals surface area contributed by atoms with E-state index in [0.29, 0.717) is 11.6 Å². The van der Waals surface area contributed by atoms with Gasteiger partial charge in [-0.2, -0.15) is 0 Å². The highest BCUT2D eigenvalue weighted by atomic mass is 14.9. The van der Waals surface area contributed by atoms with Gasteiger partial charge in [0.15, 0.2) is 17.5 Å². The van der Waals surface area contributed by atoms with Gasteiger partial charge >= 0.3 is 0 Å². The second kappa shape index (κ2) is 36.2. The Hall–Kier alpha value is -18.9. The average molecular weight is 1820 g/mol. The largest absolute Gasteiger partial charge is 0.228 e. The standard InChI is InChI=1S/C51H32N2.C46H30N2.C40H26N2/c1-3-15-33(16-4-1)36-28-29-42(38-20-8-7-19-37(36)38)49-32-48(34-17-5-2-6-18-34)52-50(53-49)35-27-30-47-43(31-35)41-23-11-14-26-46(41)51(47)44-24-12-9-21-39(44)40-22-10-13-25-45(40)51;1-4-14-31(15-5-1)35-26-36(34-24-25-42-40-22-11-10-20-38(40)39-21-12-13-23-41(39)43(42)29-34)28-37(27-35)46-47-44(32-16-6-2-7-17-32)30-45(48-46)33-18-8-3-9-19-33;1-3-12-27(13-4-1)38-26-39(42-40(41-38)28-14-5-2-6-15-28)31-17-11-16-29(24-31)30-22-23-36-34-20-8-7-18-32(34)33-19-9-10-21-35(33)37(36)25-30/h1-32H;1-30H;1-26H. The van der Waals surface area contributed by atoms with Crippen LogP contribution in [0.5, 0.6) is 0 Å². The number of rotatable bonds is 13. The van der Waals surface area contributed by atoms with Crippen LogP contribution in [0.15, 0.2) is 534 Å². The Morgan fingerprint density at radius 2 is 0.364 bits per heavy atom. The van der Waals surface area contributed by atoms with Gasteiger partial charge in [0, 0.05) is 50.1 Å². The Labute approximate surface area is 829 Å². The lowest BCUT2D eigenvalue weighted by molar-refractivity contribution is 0.794. The van der Waals surface area contributed by atoms with Crippen LogP contribution in [0, 0.1) is 0 Å². The molecular formula is C137H88N6. The van der Waals surface area contributed by atoms with Crippen LogP contribution in [-0.2, 0) is 5.41 Å². The van der Waals surface area contributed by atoms with Crippen LogP contribution in [0.2, 0.25) is 0 Å². The number of benzene rings is 23. The first-order chi connectivity index (χ1) is 70.9. The average Bonchev–Trinajstić information content (AvgIpc) is 1.51. The molecule has 0 atom stereocenters. The molecule has 0 unspecified atom stereocenters. The lowest BCUT2D eigenvalue weighted by atomic mass is 9.70. The van der Waals surface area contributed by atoms with E-state index < -0.39 is 0 Å². The predicted octanol–water partition coefficient (Wildman–Crippen LogP) is 35.5. The van der Waals surface area contributed by atoms with Gasteiger partial charge in [0.05, 0.1) is 39.6 Å². The summed E-state index contributed by atoms with van der Waals surface area (Å²) >= 11 is 0. The fourth-order valence-electron chi connectivity index (χ4n) is 22.0. The molecule has 0 saturated heterocycles. The lowest BCUT2D eigenvalue weighted by Crippen LogP contribution is -2.25. The van der Waals surface area contributed by atoms with E-state index >= 15 is 0 Å². The first kappa shape index (κ1) is 84.6. The van der Waals surface area contributed by atoms with Gasteiger partial charge in [-0.1, -0.05) is 473 Å². The molecule has 6 heteroatoms. The van der Waals surface area contributed by atoms with E-state index in [1.165, 1.54) is 137 Å². The minimum Gasteiger partial charge on any atom is -0.228 e. The highest BCUT2D eigenvalue weighted by Gasteiger charge is 2.51. The molecule has 23 aromatic carbocycles. The highest BCUT2D eigenvalue weighted by molar-refractivity contribution is 6.27. The summed E-state index contributed by atoms with van der Waals surface area (Å²) < 4.78 is 0. The normalized spacial score (nSPS) is 12.0. The second-order valence-corrected chi connectivity index (χ2v) is 36.9. The fourth-order valence-corrected chi connectivity index (χ4v) is 22.0. The Bertz CT molecular complexity index is 9210. The molecule has 0 aliphatic heterocycles. The van der Waals surface area contributed by atoms with Crippen molar-refractivity contribution in [2.75, 3.05) is 0 Å². The van der Waals surface area contributed by atoms with Gasteiger partial charge < -0.3 is 0 Å². The van der Waals surface area contributed by atoms with E-state index in [2.05, 4.69) is 485 Å². The van der Waals surface area contributed by atoms with Crippen molar-refractivity contribution in [2.24, 2.45) is 0 Å². The number of hydrogen-bond donors (Lipinski definition) is 0. The minimum atomic E-state index is -0.380. The first-order valence-electron chi connectivity index (χ1n) is 48.8. The third-order valence-corrected chi connectivity index (χ3v) is 28.6. The molecule has 3 aromatic heterocycles. The number of fused-ring (bicyclic) bond motifs is 23. The van der Waals surface area contributed by atoms with Crippen molar-refractivity contribution in [1.29, 1.82) is 0 Å². The molecule has 143 heavy (non-hydrogen) atoms. The highest BCUT2D eigenvalue weighted by Crippen LogP contribution is 2.63. The van der Waals surface area contributed by atoms with Crippen LogP contribution < -0.4 is 0 Å². The molecule has 2 aliphatic carbocycles. The van der Waals surface area contributed by atoms with Crippen molar-refractivity contribution in [3.8, 4) is 168 Å². The zero-order chi connectivity index (χ0) is 94.7. The summed E-state index contributed by atoms with van der Waals surface area (Å²) in [6, 6.07) is 190. The topological polar surface area (TPSA) is 77.3 Å². The number of nitrogens with zero attached hydrogens (tertiary/aromatic N) is 6. The molecule has 28 rings (SSSR count). The van der Waals surface area contributed by atoms with Crippen LogP contribution in [-0.4, -0.2) is 29.9 Å². The van der Waals surface area contributed by atoms with Crippen molar-refractivity contribution >= 4 is 75.4 Å². The van der Waals surface area contributed by atoms with E-state index in [9.17, 15) is 0 Å². The summed E-state index contributed by atoms with van der Waals surface area (Å²) in [5.74, 6) is 2.14. The molecule has 2 aliphatic rings. The molecule has 26 aromatic rings. The van der Waals surface area contributed by atoms with Crippen molar-refractivity contribution in [1.82, 2.24) is 29.9 Å². The van der Waals surface area contributed by atoms with Crippen molar-refractivity contribution in [3.63, 3.8) is 0 Å². The van der Waals surface area contributed by atoms with Crippen molar-refractivity contribution < 1.29 is 0 Å². The number of aromatic nitrogens is 6. The summed E-state index contributed by atoms with van der Waals surface area (Å²) in [6.07, 6.45) is 0. The Balaban J connectivity index is 0.000000110. The monoisotopic (exact) mass is 1820 g/mol. The predicted molar refractivity (Wildman–Crippen MR) is 596 cm³/mol. The molecule has 0 bridgehead atoms. The van der Waals surface area contributed by atoms with E-state index in [0.717, 1.165) is 118 Å². The molecule has 0 fully saturated rings. The Morgan fingerprint density at radius 1 is 0.105 bits per heavy atom. The zero-order valence-corrected chi connectivity index (χ0v) is 78.0. The molecular weight excluding hydrogens is 1730 g/mol. The van der Waals surface area contributed by atoms with Crippen LogP contribution in [0.25, 0.3) is 244 Å². The molecule has 0 saturated carbocycles. The van der Waals surface area contributed by atoms with Gasteiger partial charge in [0.2, 0.25) is 0 Å². The maximum atomic E-state index is 5.38. The van der Waals surface area contributed by atoms with Crippen molar-refractivity contribution in [2.45, 2.75) is 5.41 Å².